The van der Waals surface area contributed by atoms with Crippen molar-refractivity contribution in [2.75, 3.05) is 37.6 Å². The maximum absolute atomic E-state index is 13.3. The Morgan fingerprint density at radius 3 is 2.45 bits per heavy atom. The summed E-state index contributed by atoms with van der Waals surface area (Å²) in [4.78, 5) is 29.9. The van der Waals surface area contributed by atoms with E-state index in [4.69, 9.17) is 0 Å². The van der Waals surface area contributed by atoms with Gasteiger partial charge in [-0.2, -0.15) is 0 Å². The zero-order valence-corrected chi connectivity index (χ0v) is 19.9. The molecule has 0 radical (unpaired) electrons. The Morgan fingerprint density at radius 1 is 1.00 bits per heavy atom. The van der Waals surface area contributed by atoms with Gasteiger partial charge in [-0.15, -0.1) is 0 Å². The molecule has 1 fully saturated rings. The smallest absolute Gasteiger partial charge is 0.259 e. The zero-order valence-electron chi connectivity index (χ0n) is 19.0. The lowest BCUT2D eigenvalue weighted by molar-refractivity contribution is 0.0948. The van der Waals surface area contributed by atoms with E-state index in [1.165, 1.54) is 60.9 Å². The number of anilines is 1. The number of sulfone groups is 1. The van der Waals surface area contributed by atoms with E-state index >= 15 is 0 Å². The molecule has 2 aliphatic rings. The molecule has 0 spiro atoms. The minimum Gasteiger partial charge on any atom is -0.352 e. The van der Waals surface area contributed by atoms with Crippen LogP contribution in [0.5, 0.6) is 0 Å². The van der Waals surface area contributed by atoms with Crippen LogP contribution in [-0.4, -0.2) is 57.9 Å². The van der Waals surface area contributed by atoms with Gasteiger partial charge in [0.05, 0.1) is 21.0 Å². The van der Waals surface area contributed by atoms with Crippen LogP contribution in [-0.2, 0) is 9.84 Å². The number of likely N-dealkylation sites (tertiary alicyclic amines) is 1. The van der Waals surface area contributed by atoms with Gasteiger partial charge >= 0.3 is 0 Å². The van der Waals surface area contributed by atoms with E-state index in [1.807, 2.05) is 0 Å². The molecule has 2 amide bonds. The van der Waals surface area contributed by atoms with E-state index < -0.39 is 9.84 Å². The normalized spacial score (nSPS) is 18.1. The van der Waals surface area contributed by atoms with Crippen molar-refractivity contribution >= 4 is 27.3 Å². The van der Waals surface area contributed by atoms with E-state index in [0.29, 0.717) is 12.1 Å². The van der Waals surface area contributed by atoms with Crippen LogP contribution in [0.3, 0.4) is 0 Å². The van der Waals surface area contributed by atoms with Crippen molar-refractivity contribution < 1.29 is 18.0 Å². The highest BCUT2D eigenvalue weighted by Gasteiger charge is 2.35. The van der Waals surface area contributed by atoms with Gasteiger partial charge in [0.25, 0.3) is 11.8 Å². The molecule has 2 aromatic carbocycles. The van der Waals surface area contributed by atoms with Gasteiger partial charge in [0.1, 0.15) is 0 Å². The molecule has 1 N–H and O–H groups in total. The Hall–Kier alpha value is -2.71. The number of benzene rings is 2. The third-order valence-corrected chi connectivity index (χ3v) is 8.26. The number of nitrogens with one attached hydrogen (secondary N) is 1. The Morgan fingerprint density at radius 2 is 1.73 bits per heavy atom. The van der Waals surface area contributed by atoms with Crippen LogP contribution in [0.4, 0.5) is 5.69 Å². The lowest BCUT2D eigenvalue weighted by Crippen LogP contribution is -2.32. The molecule has 0 unspecified atom stereocenters. The van der Waals surface area contributed by atoms with Gasteiger partial charge in [-0.3, -0.25) is 9.59 Å². The van der Waals surface area contributed by atoms with Crippen molar-refractivity contribution in [3.8, 4) is 0 Å². The predicted molar refractivity (Wildman–Crippen MR) is 128 cm³/mol. The van der Waals surface area contributed by atoms with Gasteiger partial charge in [-0.25, -0.2) is 8.42 Å². The number of carbonyl (C=O) groups is 2. The Bertz CT molecular complexity index is 1140. The van der Waals surface area contributed by atoms with Crippen LogP contribution < -0.4 is 10.2 Å². The van der Waals surface area contributed by atoms with Gasteiger partial charge in [0.2, 0.25) is 9.84 Å². The molecule has 1 saturated heterocycles. The van der Waals surface area contributed by atoms with Crippen molar-refractivity contribution in [3.63, 3.8) is 0 Å². The first-order valence-electron chi connectivity index (χ1n) is 11.7. The first-order chi connectivity index (χ1) is 15.9. The Labute approximate surface area is 195 Å². The quantitative estimate of drug-likeness (QED) is 0.655. The van der Waals surface area contributed by atoms with Crippen molar-refractivity contribution in [2.24, 2.45) is 0 Å². The van der Waals surface area contributed by atoms with Crippen LogP contribution >= 0.6 is 0 Å². The molecule has 0 aromatic heterocycles. The molecular weight excluding hydrogens is 438 g/mol. The standard InChI is InChI=1S/C25H31N3O4S/c1-2-28-21-18-19(24(29)26-14-9-17-27-15-7-3-4-8-16-27)12-13-23(21)33(31,32)22-11-6-5-10-20(22)25(28)30/h5-6,10-13,18H,2-4,7-9,14-17H2,1H3,(H,26,29). The number of nitrogens with zero attached hydrogens (tertiary/aromatic N) is 2. The summed E-state index contributed by atoms with van der Waals surface area (Å²) in [6, 6.07) is 10.7. The maximum atomic E-state index is 13.3. The molecular formula is C25H31N3O4S. The molecule has 2 aliphatic heterocycles. The summed E-state index contributed by atoms with van der Waals surface area (Å²) in [6.45, 7) is 5.83. The largest absolute Gasteiger partial charge is 0.352 e. The van der Waals surface area contributed by atoms with Crippen LogP contribution in [0.25, 0.3) is 0 Å². The van der Waals surface area contributed by atoms with Crippen LogP contribution in [0.1, 0.15) is 59.7 Å². The molecule has 7 nitrogen and oxygen atoms in total. The number of hydrogen-bond donors (Lipinski definition) is 1. The van der Waals surface area contributed by atoms with Crippen LogP contribution in [0.2, 0.25) is 0 Å². The van der Waals surface area contributed by atoms with Crippen molar-refractivity contribution in [3.05, 3.63) is 53.6 Å². The highest BCUT2D eigenvalue weighted by atomic mass is 32.2. The van der Waals surface area contributed by atoms with Gasteiger partial charge in [0, 0.05) is 18.7 Å². The summed E-state index contributed by atoms with van der Waals surface area (Å²) in [5, 5.41) is 2.94. The van der Waals surface area contributed by atoms with Gasteiger partial charge in [-0.1, -0.05) is 25.0 Å². The first kappa shape index (κ1) is 23.4. The first-order valence-corrected chi connectivity index (χ1v) is 13.2. The molecule has 4 rings (SSSR count). The third kappa shape index (κ3) is 4.82. The van der Waals surface area contributed by atoms with Crippen LogP contribution in [0, 0.1) is 0 Å². The Kier molecular flexibility index (Phi) is 7.14. The number of fused-ring (bicyclic) bond motifs is 2. The average molecular weight is 470 g/mol. The highest BCUT2D eigenvalue weighted by molar-refractivity contribution is 7.91. The van der Waals surface area contributed by atoms with Gasteiger partial charge in [-0.05, 0) is 76.2 Å². The lowest BCUT2D eigenvalue weighted by Gasteiger charge is -2.21. The van der Waals surface area contributed by atoms with Crippen molar-refractivity contribution in [1.29, 1.82) is 0 Å². The minimum absolute atomic E-state index is 0.00193. The number of rotatable bonds is 6. The SMILES string of the molecule is CCN1C(=O)c2ccccc2S(=O)(=O)c2ccc(C(=O)NCCCN3CCCCCC3)cc21. The summed E-state index contributed by atoms with van der Waals surface area (Å²) >= 11 is 0. The lowest BCUT2D eigenvalue weighted by atomic mass is 10.1. The maximum Gasteiger partial charge on any atom is 0.259 e. The fraction of sp³-hybridized carbons (Fsp3) is 0.440. The van der Waals surface area contributed by atoms with Crippen molar-refractivity contribution in [1.82, 2.24) is 10.2 Å². The second kappa shape index (κ2) is 10.1. The molecule has 33 heavy (non-hydrogen) atoms. The molecule has 176 valence electrons. The van der Waals surface area contributed by atoms with Gasteiger partial charge in [0.15, 0.2) is 0 Å². The zero-order chi connectivity index (χ0) is 23.4. The second-order valence-corrected chi connectivity index (χ2v) is 10.5. The average Bonchev–Trinajstić information content (AvgIpc) is 3.13. The van der Waals surface area contributed by atoms with Crippen LogP contribution in [0.15, 0.2) is 52.3 Å². The molecule has 0 bridgehead atoms. The fourth-order valence-corrected chi connectivity index (χ4v) is 6.26. The number of amides is 2. The molecule has 0 saturated carbocycles. The van der Waals surface area contributed by atoms with Gasteiger partial charge < -0.3 is 15.1 Å². The third-order valence-electron chi connectivity index (χ3n) is 6.41. The summed E-state index contributed by atoms with van der Waals surface area (Å²) in [5.74, 6) is -0.651. The summed E-state index contributed by atoms with van der Waals surface area (Å²) < 4.78 is 26.6. The molecule has 2 heterocycles. The monoisotopic (exact) mass is 469 g/mol. The van der Waals surface area contributed by atoms with E-state index in [2.05, 4.69) is 10.2 Å². The fourth-order valence-electron chi connectivity index (χ4n) is 4.63. The van der Waals surface area contributed by atoms with Crippen molar-refractivity contribution in [2.45, 2.75) is 48.8 Å². The molecule has 0 atom stereocenters. The number of hydrogen-bond acceptors (Lipinski definition) is 5. The van der Waals surface area contributed by atoms with E-state index in [9.17, 15) is 18.0 Å². The Balaban J connectivity index is 1.52. The number of carbonyl (C=O) groups excluding carboxylic acids is 2. The minimum atomic E-state index is -3.89. The van der Waals surface area contributed by atoms with E-state index in [1.54, 1.807) is 19.1 Å². The molecule has 8 heteroatoms. The predicted octanol–water partition coefficient (Wildman–Crippen LogP) is 3.50. The summed E-state index contributed by atoms with van der Waals surface area (Å²) in [5.41, 5.74) is 0.738. The molecule has 2 aromatic rings. The van der Waals surface area contributed by atoms with E-state index in [-0.39, 0.29) is 39.4 Å². The summed E-state index contributed by atoms with van der Waals surface area (Å²) in [7, 11) is -3.89. The molecule has 0 aliphatic carbocycles. The second-order valence-electron chi connectivity index (χ2n) is 8.60. The topological polar surface area (TPSA) is 86.8 Å². The van der Waals surface area contributed by atoms with E-state index in [0.717, 1.165) is 26.1 Å². The highest BCUT2D eigenvalue weighted by Crippen LogP contribution is 2.37. The summed E-state index contributed by atoms with van der Waals surface area (Å²) in [6.07, 6.45) is 5.93.